The third kappa shape index (κ3) is 5.81. The molecule has 1 heterocycles. The number of hydrogen-bond donors (Lipinski definition) is 1. The predicted octanol–water partition coefficient (Wildman–Crippen LogP) is 3.74. The molecule has 0 radical (unpaired) electrons. The second-order valence-corrected chi connectivity index (χ2v) is 7.71. The molecule has 1 N–H and O–H groups in total. The van der Waals surface area contributed by atoms with E-state index < -0.39 is 0 Å². The Morgan fingerprint density at radius 3 is 2.52 bits per heavy atom. The maximum Gasteiger partial charge on any atom is 0.254 e. The fourth-order valence-corrected chi connectivity index (χ4v) is 3.25. The largest absolute Gasteiger partial charge is 0.494 e. The van der Waals surface area contributed by atoms with Crippen molar-refractivity contribution in [1.29, 1.82) is 0 Å². The zero-order chi connectivity index (χ0) is 20.7. The maximum atomic E-state index is 12.8. The van der Waals surface area contributed by atoms with Crippen molar-refractivity contribution in [1.82, 2.24) is 4.90 Å². The number of nitrogens with one attached hydrogen (secondary N) is 1. The quantitative estimate of drug-likeness (QED) is 0.724. The molecule has 2 aromatic carbocycles. The normalized spacial score (nSPS) is 15.6. The number of anilines is 1. The van der Waals surface area contributed by atoms with Gasteiger partial charge in [-0.25, -0.2) is 0 Å². The topological polar surface area (TPSA) is 67.9 Å². The molecule has 0 bridgehead atoms. The van der Waals surface area contributed by atoms with Gasteiger partial charge in [-0.2, -0.15) is 0 Å². The lowest BCUT2D eigenvalue weighted by Gasteiger charge is -2.42. The van der Waals surface area contributed by atoms with Crippen LogP contribution in [0.3, 0.4) is 0 Å². The number of morpholine rings is 1. The van der Waals surface area contributed by atoms with E-state index in [0.717, 1.165) is 5.75 Å². The zero-order valence-corrected chi connectivity index (χ0v) is 17.0. The van der Waals surface area contributed by atoms with Crippen molar-refractivity contribution in [3.05, 3.63) is 60.2 Å². The standard InChI is InChI=1S/C23H28N2O4/c1-23(2)17-28-16-14-25(23)22(27)18-10-12-19(13-11-18)24-21(26)9-6-15-29-20-7-4-3-5-8-20/h3-5,7-8,10-13H,6,9,14-17H2,1-2H3,(H,24,26). The number of carbonyl (C=O) groups is 2. The molecule has 0 aromatic heterocycles. The van der Waals surface area contributed by atoms with Crippen LogP contribution in [0, 0.1) is 0 Å². The van der Waals surface area contributed by atoms with Crippen LogP contribution < -0.4 is 10.1 Å². The number of hydrogen-bond acceptors (Lipinski definition) is 4. The number of nitrogens with zero attached hydrogens (tertiary/aromatic N) is 1. The molecule has 29 heavy (non-hydrogen) atoms. The van der Waals surface area contributed by atoms with Gasteiger partial charge in [0, 0.05) is 24.2 Å². The number of ether oxygens (including phenoxy) is 2. The monoisotopic (exact) mass is 396 g/mol. The van der Waals surface area contributed by atoms with E-state index in [0.29, 0.717) is 50.5 Å². The fraction of sp³-hybridized carbons (Fsp3) is 0.391. The second-order valence-electron chi connectivity index (χ2n) is 7.71. The number of benzene rings is 2. The van der Waals surface area contributed by atoms with Crippen LogP contribution >= 0.6 is 0 Å². The highest BCUT2D eigenvalue weighted by Gasteiger charge is 2.34. The molecular weight excluding hydrogens is 368 g/mol. The SMILES string of the molecule is CC1(C)COCCN1C(=O)c1ccc(NC(=O)CCCOc2ccccc2)cc1. The number of carbonyl (C=O) groups excluding carboxylic acids is 2. The van der Waals surface area contributed by atoms with Crippen molar-refractivity contribution in [2.24, 2.45) is 0 Å². The van der Waals surface area contributed by atoms with Crippen LogP contribution in [0.25, 0.3) is 0 Å². The van der Waals surface area contributed by atoms with Crippen LogP contribution in [0.5, 0.6) is 5.75 Å². The first kappa shape index (κ1) is 20.9. The molecule has 6 nitrogen and oxygen atoms in total. The van der Waals surface area contributed by atoms with Gasteiger partial charge in [0.2, 0.25) is 5.91 Å². The predicted molar refractivity (Wildman–Crippen MR) is 112 cm³/mol. The van der Waals surface area contributed by atoms with Gasteiger partial charge in [0.15, 0.2) is 0 Å². The van der Waals surface area contributed by atoms with Gasteiger partial charge >= 0.3 is 0 Å². The maximum absolute atomic E-state index is 12.8. The molecule has 1 saturated heterocycles. The van der Waals surface area contributed by atoms with Crippen molar-refractivity contribution < 1.29 is 19.1 Å². The molecular formula is C23H28N2O4. The summed E-state index contributed by atoms with van der Waals surface area (Å²) in [6.45, 7) is 6.15. The average Bonchev–Trinajstić information content (AvgIpc) is 2.72. The highest BCUT2D eigenvalue weighted by Crippen LogP contribution is 2.22. The van der Waals surface area contributed by atoms with E-state index in [1.54, 1.807) is 24.3 Å². The van der Waals surface area contributed by atoms with Gasteiger partial charge in [0.1, 0.15) is 5.75 Å². The molecule has 0 spiro atoms. The van der Waals surface area contributed by atoms with Crippen molar-refractivity contribution >= 4 is 17.5 Å². The highest BCUT2D eigenvalue weighted by atomic mass is 16.5. The Morgan fingerprint density at radius 1 is 1.10 bits per heavy atom. The Balaban J connectivity index is 1.46. The third-order valence-corrected chi connectivity index (χ3v) is 4.87. The molecule has 0 atom stereocenters. The van der Waals surface area contributed by atoms with Crippen molar-refractivity contribution in [3.63, 3.8) is 0 Å². The minimum Gasteiger partial charge on any atom is -0.494 e. The molecule has 0 aliphatic carbocycles. The van der Waals surface area contributed by atoms with Gasteiger partial charge in [-0.1, -0.05) is 18.2 Å². The summed E-state index contributed by atoms with van der Waals surface area (Å²) < 4.78 is 11.1. The van der Waals surface area contributed by atoms with Crippen LogP contribution in [0.2, 0.25) is 0 Å². The Labute approximate surface area is 171 Å². The first-order valence-corrected chi connectivity index (χ1v) is 9.93. The molecule has 2 amide bonds. The summed E-state index contributed by atoms with van der Waals surface area (Å²) in [5, 5.41) is 2.86. The summed E-state index contributed by atoms with van der Waals surface area (Å²) >= 11 is 0. The highest BCUT2D eigenvalue weighted by molar-refractivity contribution is 5.96. The molecule has 1 aliphatic rings. The Morgan fingerprint density at radius 2 is 1.83 bits per heavy atom. The van der Waals surface area contributed by atoms with Gasteiger partial charge < -0.3 is 19.7 Å². The van der Waals surface area contributed by atoms with Crippen molar-refractivity contribution in [3.8, 4) is 5.75 Å². The van der Waals surface area contributed by atoms with Gasteiger partial charge in [0.25, 0.3) is 5.91 Å². The summed E-state index contributed by atoms with van der Waals surface area (Å²) in [7, 11) is 0. The number of para-hydroxylation sites is 1. The molecule has 0 saturated carbocycles. The summed E-state index contributed by atoms with van der Waals surface area (Å²) in [5.74, 6) is 0.709. The van der Waals surface area contributed by atoms with Gasteiger partial charge in [-0.15, -0.1) is 0 Å². The van der Waals surface area contributed by atoms with E-state index in [1.165, 1.54) is 0 Å². The Hall–Kier alpha value is -2.86. The van der Waals surface area contributed by atoms with Crippen LogP contribution in [0.15, 0.2) is 54.6 Å². The first-order valence-electron chi connectivity index (χ1n) is 9.93. The fourth-order valence-electron chi connectivity index (χ4n) is 3.25. The van der Waals surface area contributed by atoms with Gasteiger partial charge in [-0.05, 0) is 56.7 Å². The third-order valence-electron chi connectivity index (χ3n) is 4.87. The van der Waals surface area contributed by atoms with Crippen LogP contribution in [-0.4, -0.2) is 48.6 Å². The van der Waals surface area contributed by atoms with Crippen molar-refractivity contribution in [2.45, 2.75) is 32.2 Å². The average molecular weight is 396 g/mol. The van der Waals surface area contributed by atoms with Crippen LogP contribution in [0.1, 0.15) is 37.0 Å². The zero-order valence-electron chi connectivity index (χ0n) is 17.0. The summed E-state index contributed by atoms with van der Waals surface area (Å²) in [4.78, 5) is 26.8. The molecule has 154 valence electrons. The molecule has 1 aliphatic heterocycles. The smallest absolute Gasteiger partial charge is 0.254 e. The minimum atomic E-state index is -0.329. The van der Waals surface area contributed by atoms with E-state index in [-0.39, 0.29) is 17.4 Å². The van der Waals surface area contributed by atoms with Gasteiger partial charge in [-0.3, -0.25) is 9.59 Å². The van der Waals surface area contributed by atoms with Crippen LogP contribution in [-0.2, 0) is 9.53 Å². The lowest BCUT2D eigenvalue weighted by molar-refractivity contribution is -0.116. The Bertz CT molecular complexity index is 819. The second kappa shape index (κ2) is 9.56. The first-order chi connectivity index (χ1) is 14.0. The molecule has 6 heteroatoms. The molecule has 2 aromatic rings. The molecule has 1 fully saturated rings. The number of amides is 2. The van der Waals surface area contributed by atoms with Crippen LogP contribution in [0.4, 0.5) is 5.69 Å². The van der Waals surface area contributed by atoms with Gasteiger partial charge in [0.05, 0.1) is 25.4 Å². The summed E-state index contributed by atoms with van der Waals surface area (Å²) in [5.41, 5.74) is 0.954. The molecule has 3 rings (SSSR count). The van der Waals surface area contributed by atoms with E-state index in [9.17, 15) is 9.59 Å². The number of rotatable bonds is 7. The molecule has 0 unspecified atom stereocenters. The Kier molecular flexibility index (Phi) is 6.88. The lowest BCUT2D eigenvalue weighted by atomic mass is 10.0. The van der Waals surface area contributed by atoms with E-state index in [1.807, 2.05) is 49.1 Å². The van der Waals surface area contributed by atoms with Crippen molar-refractivity contribution in [2.75, 3.05) is 31.7 Å². The van der Waals surface area contributed by atoms with E-state index in [4.69, 9.17) is 9.47 Å². The summed E-state index contributed by atoms with van der Waals surface area (Å²) in [6.07, 6.45) is 0.999. The summed E-state index contributed by atoms with van der Waals surface area (Å²) in [6, 6.07) is 16.6. The minimum absolute atomic E-state index is 0.0192. The van der Waals surface area contributed by atoms with E-state index >= 15 is 0 Å². The van der Waals surface area contributed by atoms with E-state index in [2.05, 4.69) is 5.32 Å². The lowest BCUT2D eigenvalue weighted by Crippen LogP contribution is -2.55.